The van der Waals surface area contributed by atoms with Crippen molar-refractivity contribution < 1.29 is 0 Å². The van der Waals surface area contributed by atoms with Crippen molar-refractivity contribution in [3.63, 3.8) is 0 Å². The maximum Gasteiger partial charge on any atom is 0.143 e. The van der Waals surface area contributed by atoms with Crippen LogP contribution in [-0.4, -0.2) is 4.98 Å². The monoisotopic (exact) mass is 193 g/mol. The largest absolute Gasteiger partial charge is 0.308 e. The molecule has 0 amide bonds. The van der Waals surface area contributed by atoms with Gasteiger partial charge in [0.25, 0.3) is 0 Å². The van der Waals surface area contributed by atoms with Gasteiger partial charge in [-0.2, -0.15) is 0 Å². The molecule has 0 saturated carbocycles. The topological polar surface area (TPSA) is 50.9 Å². The van der Waals surface area contributed by atoms with Gasteiger partial charge in [-0.25, -0.2) is 10.8 Å². The first kappa shape index (κ1) is 11.0. The summed E-state index contributed by atoms with van der Waals surface area (Å²) in [4.78, 5) is 4.21. The van der Waals surface area contributed by atoms with Crippen LogP contribution >= 0.6 is 0 Å². The maximum atomic E-state index is 5.43. The molecule has 0 aliphatic carbocycles. The second-order valence-electron chi connectivity index (χ2n) is 3.84. The van der Waals surface area contributed by atoms with Crippen LogP contribution in [0.15, 0.2) is 18.3 Å². The van der Waals surface area contributed by atoms with Crippen LogP contribution in [0.25, 0.3) is 0 Å². The van der Waals surface area contributed by atoms with Crippen molar-refractivity contribution in [2.24, 2.45) is 11.8 Å². The summed E-state index contributed by atoms with van der Waals surface area (Å²) in [6.07, 6.45) is 2.86. The average Bonchev–Trinajstić information content (AvgIpc) is 2.19. The van der Waals surface area contributed by atoms with Crippen LogP contribution in [0, 0.1) is 5.92 Å². The van der Waals surface area contributed by atoms with Gasteiger partial charge in [0.2, 0.25) is 0 Å². The molecule has 1 heterocycles. The van der Waals surface area contributed by atoms with E-state index >= 15 is 0 Å². The summed E-state index contributed by atoms with van der Waals surface area (Å²) < 4.78 is 0. The van der Waals surface area contributed by atoms with E-state index in [1.165, 1.54) is 5.56 Å². The lowest BCUT2D eigenvalue weighted by atomic mass is 9.87. The average molecular weight is 193 g/mol. The fourth-order valence-corrected chi connectivity index (χ4v) is 1.89. The van der Waals surface area contributed by atoms with E-state index in [9.17, 15) is 0 Å². The third-order valence-corrected chi connectivity index (χ3v) is 2.62. The summed E-state index contributed by atoms with van der Waals surface area (Å²) in [6, 6.07) is 4.05. The minimum Gasteiger partial charge on any atom is -0.308 e. The van der Waals surface area contributed by atoms with Gasteiger partial charge in [-0.1, -0.05) is 26.8 Å². The van der Waals surface area contributed by atoms with Crippen molar-refractivity contribution in [3.05, 3.63) is 23.9 Å². The number of rotatable bonds is 4. The van der Waals surface area contributed by atoms with Gasteiger partial charge in [-0.3, -0.25) is 0 Å². The summed E-state index contributed by atoms with van der Waals surface area (Å²) in [6.45, 7) is 6.64. The molecule has 1 atom stereocenters. The van der Waals surface area contributed by atoms with E-state index in [0.29, 0.717) is 11.8 Å². The Kier molecular flexibility index (Phi) is 3.89. The van der Waals surface area contributed by atoms with Gasteiger partial charge in [-0.15, -0.1) is 0 Å². The zero-order chi connectivity index (χ0) is 10.6. The molecule has 0 spiro atoms. The Morgan fingerprint density at radius 3 is 2.71 bits per heavy atom. The highest BCUT2D eigenvalue weighted by Gasteiger charge is 2.16. The van der Waals surface area contributed by atoms with Crippen LogP contribution in [0.4, 0.5) is 5.82 Å². The number of nitrogen functional groups attached to an aromatic ring is 1. The zero-order valence-corrected chi connectivity index (χ0v) is 9.12. The fraction of sp³-hybridized carbons (Fsp3) is 0.545. The van der Waals surface area contributed by atoms with E-state index in [2.05, 4.69) is 37.2 Å². The number of aromatic nitrogens is 1. The first-order chi connectivity index (χ1) is 6.70. The number of hydrazine groups is 1. The van der Waals surface area contributed by atoms with Gasteiger partial charge in [0.1, 0.15) is 5.82 Å². The summed E-state index contributed by atoms with van der Waals surface area (Å²) in [5.74, 6) is 7.36. The highest BCUT2D eigenvalue weighted by Crippen LogP contribution is 2.31. The minimum absolute atomic E-state index is 0.523. The van der Waals surface area contributed by atoms with Gasteiger partial charge < -0.3 is 5.43 Å². The summed E-state index contributed by atoms with van der Waals surface area (Å²) in [5, 5.41) is 0. The lowest BCUT2D eigenvalue weighted by molar-refractivity contribution is 0.485. The first-order valence-electron chi connectivity index (χ1n) is 5.12. The Morgan fingerprint density at radius 1 is 1.50 bits per heavy atom. The van der Waals surface area contributed by atoms with Crippen molar-refractivity contribution >= 4 is 5.82 Å². The molecule has 0 radical (unpaired) electrons. The molecular formula is C11H19N3. The van der Waals surface area contributed by atoms with E-state index in [0.717, 1.165) is 12.2 Å². The van der Waals surface area contributed by atoms with Crippen molar-refractivity contribution in [2.75, 3.05) is 5.43 Å². The minimum atomic E-state index is 0.523. The maximum absolute atomic E-state index is 5.43. The Hall–Kier alpha value is -1.09. The van der Waals surface area contributed by atoms with Gasteiger partial charge in [0.05, 0.1) is 0 Å². The molecule has 0 fully saturated rings. The molecule has 78 valence electrons. The fourth-order valence-electron chi connectivity index (χ4n) is 1.89. The number of pyridine rings is 1. The molecule has 0 saturated heterocycles. The molecule has 1 unspecified atom stereocenters. The molecule has 1 aromatic heterocycles. The quantitative estimate of drug-likeness (QED) is 0.570. The molecule has 0 aliphatic rings. The SMILES string of the molecule is CCC(c1cccnc1NN)C(C)C. The van der Waals surface area contributed by atoms with E-state index in [4.69, 9.17) is 5.84 Å². The predicted molar refractivity (Wildman–Crippen MR) is 59.9 cm³/mol. The van der Waals surface area contributed by atoms with Crippen molar-refractivity contribution in [3.8, 4) is 0 Å². The highest BCUT2D eigenvalue weighted by atomic mass is 15.2. The number of hydrogen-bond acceptors (Lipinski definition) is 3. The normalized spacial score (nSPS) is 12.9. The van der Waals surface area contributed by atoms with Crippen LogP contribution in [-0.2, 0) is 0 Å². The molecule has 3 nitrogen and oxygen atoms in total. The van der Waals surface area contributed by atoms with Crippen LogP contribution in [0.5, 0.6) is 0 Å². The lowest BCUT2D eigenvalue weighted by Gasteiger charge is -2.21. The van der Waals surface area contributed by atoms with Crippen molar-refractivity contribution in [1.82, 2.24) is 4.98 Å². The number of nitrogens with two attached hydrogens (primary N) is 1. The second-order valence-corrected chi connectivity index (χ2v) is 3.84. The van der Waals surface area contributed by atoms with Crippen LogP contribution < -0.4 is 11.3 Å². The Balaban J connectivity index is 3.02. The summed E-state index contributed by atoms with van der Waals surface area (Å²) >= 11 is 0. The highest BCUT2D eigenvalue weighted by molar-refractivity contribution is 5.44. The number of anilines is 1. The molecule has 0 bridgehead atoms. The van der Waals surface area contributed by atoms with E-state index < -0.39 is 0 Å². The molecule has 1 aromatic rings. The summed E-state index contributed by atoms with van der Waals surface area (Å²) in [5.41, 5.74) is 3.87. The second kappa shape index (κ2) is 4.96. The third-order valence-electron chi connectivity index (χ3n) is 2.62. The smallest absolute Gasteiger partial charge is 0.143 e. The third kappa shape index (κ3) is 2.23. The van der Waals surface area contributed by atoms with Crippen molar-refractivity contribution in [2.45, 2.75) is 33.1 Å². The van der Waals surface area contributed by atoms with E-state index in [1.54, 1.807) is 6.20 Å². The summed E-state index contributed by atoms with van der Waals surface area (Å²) in [7, 11) is 0. The van der Waals surface area contributed by atoms with E-state index in [1.807, 2.05) is 6.07 Å². The number of nitrogens with one attached hydrogen (secondary N) is 1. The molecule has 1 rings (SSSR count). The van der Waals surface area contributed by atoms with Gasteiger partial charge in [-0.05, 0) is 29.9 Å². The number of hydrogen-bond donors (Lipinski definition) is 2. The standard InChI is InChI=1S/C11H19N3/c1-4-9(8(2)3)10-6-5-7-13-11(10)14-12/h5-9H,4,12H2,1-3H3,(H,13,14). The Morgan fingerprint density at radius 2 is 2.21 bits per heavy atom. The van der Waals surface area contributed by atoms with Gasteiger partial charge in [0, 0.05) is 6.20 Å². The van der Waals surface area contributed by atoms with Gasteiger partial charge >= 0.3 is 0 Å². The zero-order valence-electron chi connectivity index (χ0n) is 9.12. The molecule has 0 aliphatic heterocycles. The molecule has 3 heteroatoms. The molecular weight excluding hydrogens is 174 g/mol. The Labute approximate surface area is 85.7 Å². The first-order valence-corrected chi connectivity index (χ1v) is 5.12. The van der Waals surface area contributed by atoms with E-state index in [-0.39, 0.29) is 0 Å². The lowest BCUT2D eigenvalue weighted by Crippen LogP contribution is -2.15. The molecule has 0 aromatic carbocycles. The van der Waals surface area contributed by atoms with Gasteiger partial charge in [0.15, 0.2) is 0 Å². The predicted octanol–water partition coefficient (Wildman–Crippen LogP) is 2.52. The molecule has 14 heavy (non-hydrogen) atoms. The Bertz CT molecular complexity index is 284. The van der Waals surface area contributed by atoms with Crippen LogP contribution in [0.2, 0.25) is 0 Å². The number of nitrogens with zero attached hydrogens (tertiary/aromatic N) is 1. The molecule has 3 N–H and O–H groups in total. The van der Waals surface area contributed by atoms with Crippen LogP contribution in [0.3, 0.4) is 0 Å². The van der Waals surface area contributed by atoms with Crippen molar-refractivity contribution in [1.29, 1.82) is 0 Å². The van der Waals surface area contributed by atoms with Crippen LogP contribution in [0.1, 0.15) is 38.7 Å².